The van der Waals surface area contributed by atoms with E-state index in [-0.39, 0.29) is 0 Å². The fourth-order valence-electron chi connectivity index (χ4n) is 2.28. The molecule has 0 aliphatic heterocycles. The van der Waals surface area contributed by atoms with Crippen molar-refractivity contribution >= 4 is 0 Å². The molecule has 0 unspecified atom stereocenters. The molecule has 1 aromatic carbocycles. The highest BCUT2D eigenvalue weighted by molar-refractivity contribution is 5.63. The molecule has 0 saturated heterocycles. The average molecular weight is 291 g/mol. The molecule has 0 aliphatic rings. The maximum Gasteiger partial charge on any atom is 0.216 e. The second-order valence-electron chi connectivity index (χ2n) is 5.15. The quantitative estimate of drug-likeness (QED) is 0.736. The molecule has 0 bridgehead atoms. The van der Waals surface area contributed by atoms with Crippen molar-refractivity contribution in [1.82, 2.24) is 15.0 Å². The lowest BCUT2D eigenvalue weighted by Crippen LogP contribution is -1.98. The van der Waals surface area contributed by atoms with Gasteiger partial charge in [-0.25, -0.2) is 9.97 Å². The summed E-state index contributed by atoms with van der Waals surface area (Å²) in [6.45, 7) is 3.99. The van der Waals surface area contributed by atoms with E-state index in [4.69, 9.17) is 9.72 Å². The number of pyridine rings is 1. The summed E-state index contributed by atoms with van der Waals surface area (Å²) in [7, 11) is 1.60. The molecule has 22 heavy (non-hydrogen) atoms. The fraction of sp³-hybridized carbons (Fsp3) is 0.167. The van der Waals surface area contributed by atoms with Crippen molar-refractivity contribution in [3.8, 4) is 28.7 Å². The topological polar surface area (TPSA) is 47.9 Å². The van der Waals surface area contributed by atoms with E-state index in [0.29, 0.717) is 11.7 Å². The Labute approximate surface area is 129 Å². The van der Waals surface area contributed by atoms with E-state index in [1.807, 2.05) is 31.2 Å². The minimum absolute atomic E-state index is 0.547. The molecule has 0 N–H and O–H groups in total. The zero-order valence-electron chi connectivity index (χ0n) is 12.9. The number of aromatic nitrogens is 3. The standard InChI is InChI=1S/C18H17N3O/c1-12-6-4-7-14(10-12)15-8-5-9-16(20-15)18-19-13(2)11-17(21-18)22-3/h4-11H,1-3H3. The summed E-state index contributed by atoms with van der Waals surface area (Å²) >= 11 is 0. The summed E-state index contributed by atoms with van der Waals surface area (Å²) in [4.78, 5) is 13.5. The number of hydrogen-bond acceptors (Lipinski definition) is 4. The Morgan fingerprint density at radius 2 is 1.59 bits per heavy atom. The molecule has 0 amide bonds. The predicted molar refractivity (Wildman–Crippen MR) is 86.7 cm³/mol. The van der Waals surface area contributed by atoms with Crippen LogP contribution < -0.4 is 4.74 Å². The molecule has 0 spiro atoms. The van der Waals surface area contributed by atoms with Gasteiger partial charge >= 0.3 is 0 Å². The third-order valence-corrected chi connectivity index (χ3v) is 3.33. The van der Waals surface area contributed by atoms with Crippen LogP contribution >= 0.6 is 0 Å². The van der Waals surface area contributed by atoms with Crippen molar-refractivity contribution in [2.45, 2.75) is 13.8 Å². The van der Waals surface area contributed by atoms with Gasteiger partial charge < -0.3 is 4.74 Å². The van der Waals surface area contributed by atoms with Crippen LogP contribution in [0.15, 0.2) is 48.5 Å². The molecule has 0 atom stereocenters. The molecule has 2 aromatic heterocycles. The van der Waals surface area contributed by atoms with E-state index in [1.165, 1.54) is 5.56 Å². The van der Waals surface area contributed by atoms with Crippen LogP contribution in [0, 0.1) is 13.8 Å². The molecule has 110 valence electrons. The lowest BCUT2D eigenvalue weighted by Gasteiger charge is -2.07. The van der Waals surface area contributed by atoms with Gasteiger partial charge in [0.2, 0.25) is 5.88 Å². The van der Waals surface area contributed by atoms with Gasteiger partial charge in [-0.2, -0.15) is 4.98 Å². The van der Waals surface area contributed by atoms with E-state index >= 15 is 0 Å². The van der Waals surface area contributed by atoms with Gasteiger partial charge in [0.25, 0.3) is 0 Å². The summed E-state index contributed by atoms with van der Waals surface area (Å²) in [6, 6.07) is 15.9. The van der Waals surface area contributed by atoms with E-state index in [2.05, 4.69) is 35.1 Å². The third kappa shape index (κ3) is 2.96. The molecule has 0 saturated carbocycles. The SMILES string of the molecule is COc1cc(C)nc(-c2cccc(-c3cccc(C)c3)n2)n1. The first-order valence-corrected chi connectivity index (χ1v) is 7.10. The largest absolute Gasteiger partial charge is 0.481 e. The summed E-state index contributed by atoms with van der Waals surface area (Å²) in [6.07, 6.45) is 0. The smallest absolute Gasteiger partial charge is 0.216 e. The van der Waals surface area contributed by atoms with Crippen LogP contribution in [0.5, 0.6) is 5.88 Å². The summed E-state index contributed by atoms with van der Waals surface area (Å²) < 4.78 is 5.21. The van der Waals surface area contributed by atoms with E-state index in [1.54, 1.807) is 13.2 Å². The third-order valence-electron chi connectivity index (χ3n) is 3.33. The number of rotatable bonds is 3. The van der Waals surface area contributed by atoms with Gasteiger partial charge in [-0.15, -0.1) is 0 Å². The summed E-state index contributed by atoms with van der Waals surface area (Å²) in [5.74, 6) is 1.12. The van der Waals surface area contributed by atoms with Crippen LogP contribution in [0.4, 0.5) is 0 Å². The van der Waals surface area contributed by atoms with Gasteiger partial charge in [0.1, 0.15) is 5.69 Å². The molecule has 0 radical (unpaired) electrons. The van der Waals surface area contributed by atoms with Gasteiger partial charge in [-0.05, 0) is 32.0 Å². The van der Waals surface area contributed by atoms with Gasteiger partial charge in [-0.1, -0.05) is 29.8 Å². The lowest BCUT2D eigenvalue weighted by molar-refractivity contribution is 0.397. The Hall–Kier alpha value is -2.75. The number of benzene rings is 1. The lowest BCUT2D eigenvalue weighted by atomic mass is 10.1. The zero-order valence-corrected chi connectivity index (χ0v) is 12.9. The van der Waals surface area contributed by atoms with Crippen molar-refractivity contribution in [3.63, 3.8) is 0 Å². The van der Waals surface area contributed by atoms with Crippen molar-refractivity contribution in [2.75, 3.05) is 7.11 Å². The van der Waals surface area contributed by atoms with Crippen LogP contribution in [-0.2, 0) is 0 Å². The van der Waals surface area contributed by atoms with E-state index in [0.717, 1.165) is 22.6 Å². The number of aryl methyl sites for hydroxylation is 2. The maximum atomic E-state index is 5.21. The first-order chi connectivity index (χ1) is 10.7. The van der Waals surface area contributed by atoms with Crippen molar-refractivity contribution in [1.29, 1.82) is 0 Å². The highest BCUT2D eigenvalue weighted by atomic mass is 16.5. The number of hydrogen-bond donors (Lipinski definition) is 0. The first-order valence-electron chi connectivity index (χ1n) is 7.10. The maximum absolute atomic E-state index is 5.21. The highest BCUT2D eigenvalue weighted by Crippen LogP contribution is 2.22. The molecule has 0 fully saturated rings. The second-order valence-corrected chi connectivity index (χ2v) is 5.15. The average Bonchev–Trinajstić information content (AvgIpc) is 2.54. The van der Waals surface area contributed by atoms with Crippen molar-refractivity contribution in [2.24, 2.45) is 0 Å². The molecular weight excluding hydrogens is 274 g/mol. The fourth-order valence-corrected chi connectivity index (χ4v) is 2.28. The summed E-state index contributed by atoms with van der Waals surface area (Å²) in [5.41, 5.74) is 4.79. The monoisotopic (exact) mass is 291 g/mol. The van der Waals surface area contributed by atoms with E-state index < -0.39 is 0 Å². The minimum atomic E-state index is 0.547. The van der Waals surface area contributed by atoms with Crippen molar-refractivity contribution in [3.05, 3.63) is 59.8 Å². The van der Waals surface area contributed by atoms with Gasteiger partial charge in [0, 0.05) is 17.3 Å². The molecule has 3 rings (SSSR count). The van der Waals surface area contributed by atoms with Crippen LogP contribution in [0.2, 0.25) is 0 Å². The predicted octanol–water partition coefficient (Wildman–Crippen LogP) is 3.83. The Bertz CT molecular complexity index is 815. The molecule has 4 heteroatoms. The first kappa shape index (κ1) is 14.2. The Morgan fingerprint density at radius 3 is 2.36 bits per heavy atom. The Morgan fingerprint density at radius 1 is 0.818 bits per heavy atom. The molecule has 0 aliphatic carbocycles. The second kappa shape index (κ2) is 5.93. The number of methoxy groups -OCH3 is 1. The van der Waals surface area contributed by atoms with Crippen LogP contribution in [0.3, 0.4) is 0 Å². The Balaban J connectivity index is 2.06. The highest BCUT2D eigenvalue weighted by Gasteiger charge is 2.08. The Kier molecular flexibility index (Phi) is 3.83. The van der Waals surface area contributed by atoms with Gasteiger partial charge in [0.05, 0.1) is 12.8 Å². The van der Waals surface area contributed by atoms with Gasteiger partial charge in [0.15, 0.2) is 5.82 Å². The molecular formula is C18H17N3O. The number of nitrogens with zero attached hydrogens (tertiary/aromatic N) is 3. The van der Waals surface area contributed by atoms with E-state index in [9.17, 15) is 0 Å². The van der Waals surface area contributed by atoms with Crippen LogP contribution in [0.1, 0.15) is 11.3 Å². The minimum Gasteiger partial charge on any atom is -0.481 e. The molecule has 4 nitrogen and oxygen atoms in total. The van der Waals surface area contributed by atoms with Crippen LogP contribution in [0.25, 0.3) is 22.8 Å². The van der Waals surface area contributed by atoms with Gasteiger partial charge in [-0.3, -0.25) is 0 Å². The zero-order chi connectivity index (χ0) is 15.5. The molecule has 2 heterocycles. The summed E-state index contributed by atoms with van der Waals surface area (Å²) in [5, 5.41) is 0. The number of ether oxygens (including phenoxy) is 1. The van der Waals surface area contributed by atoms with Crippen LogP contribution in [-0.4, -0.2) is 22.1 Å². The normalized spacial score (nSPS) is 10.5. The van der Waals surface area contributed by atoms with Crippen molar-refractivity contribution < 1.29 is 4.74 Å². The molecule has 3 aromatic rings.